The highest BCUT2D eigenvalue weighted by molar-refractivity contribution is 5.95. The second-order valence-corrected chi connectivity index (χ2v) is 8.20. The Bertz CT molecular complexity index is 1230. The van der Waals surface area contributed by atoms with Crippen molar-refractivity contribution in [3.63, 3.8) is 0 Å². The lowest BCUT2D eigenvalue weighted by Crippen LogP contribution is -2.20. The van der Waals surface area contributed by atoms with E-state index < -0.39 is 0 Å². The molecule has 0 aliphatic heterocycles. The van der Waals surface area contributed by atoms with Crippen LogP contribution in [-0.2, 0) is 4.79 Å². The third-order valence-corrected chi connectivity index (χ3v) is 5.70. The normalized spacial score (nSPS) is 12.0. The molecule has 1 atom stereocenters. The van der Waals surface area contributed by atoms with Crippen LogP contribution in [0.15, 0.2) is 60.7 Å². The number of nitrogens with one attached hydrogen (secondary N) is 1. The van der Waals surface area contributed by atoms with Gasteiger partial charge in [-0.05, 0) is 73.7 Å². The molecule has 6 heteroatoms. The Kier molecular flexibility index (Phi) is 6.21. The number of carbonyl (C=O) groups excluding carboxylic acids is 1. The number of hydrogen-bond acceptors (Lipinski definition) is 4. The molecule has 1 unspecified atom stereocenters. The van der Waals surface area contributed by atoms with E-state index >= 15 is 0 Å². The largest absolute Gasteiger partial charge is 0.484 e. The lowest BCUT2D eigenvalue weighted by atomic mass is 9.99. The van der Waals surface area contributed by atoms with Crippen LogP contribution in [0.25, 0.3) is 16.7 Å². The Morgan fingerprint density at radius 1 is 1.00 bits per heavy atom. The summed E-state index contributed by atoms with van der Waals surface area (Å²) in [5.41, 5.74) is 6.45. The molecule has 0 radical (unpaired) electrons. The Labute approximate surface area is 188 Å². The minimum absolute atomic E-state index is 0.0593. The van der Waals surface area contributed by atoms with Crippen LogP contribution in [0.5, 0.6) is 5.75 Å². The van der Waals surface area contributed by atoms with Gasteiger partial charge < -0.3 is 10.1 Å². The van der Waals surface area contributed by atoms with Gasteiger partial charge in [0.15, 0.2) is 6.61 Å². The molecule has 0 aliphatic rings. The number of nitrogens with zero attached hydrogens (tertiary/aromatic N) is 3. The van der Waals surface area contributed by atoms with Gasteiger partial charge in [0.2, 0.25) is 0 Å². The first-order valence-electron chi connectivity index (χ1n) is 10.9. The fourth-order valence-electron chi connectivity index (χ4n) is 3.46. The van der Waals surface area contributed by atoms with E-state index in [1.54, 1.807) is 4.80 Å². The van der Waals surface area contributed by atoms with E-state index in [9.17, 15) is 4.79 Å². The van der Waals surface area contributed by atoms with Crippen molar-refractivity contribution < 1.29 is 9.53 Å². The number of fused-ring (bicyclic) bond motifs is 1. The van der Waals surface area contributed by atoms with E-state index in [4.69, 9.17) is 4.74 Å². The first-order chi connectivity index (χ1) is 15.4. The summed E-state index contributed by atoms with van der Waals surface area (Å²) in [6, 6.07) is 19.7. The fourth-order valence-corrected chi connectivity index (χ4v) is 3.46. The molecule has 0 spiro atoms. The monoisotopic (exact) mass is 428 g/mol. The molecule has 1 heterocycles. The van der Waals surface area contributed by atoms with Crippen molar-refractivity contribution in [1.29, 1.82) is 0 Å². The zero-order valence-corrected chi connectivity index (χ0v) is 18.9. The van der Waals surface area contributed by atoms with Gasteiger partial charge in [0.05, 0.1) is 5.69 Å². The highest BCUT2D eigenvalue weighted by Gasteiger charge is 2.11. The second kappa shape index (κ2) is 9.22. The van der Waals surface area contributed by atoms with Gasteiger partial charge in [-0.3, -0.25) is 4.79 Å². The quantitative estimate of drug-likeness (QED) is 0.418. The Morgan fingerprint density at radius 3 is 2.31 bits per heavy atom. The predicted octanol–water partition coefficient (Wildman–Crippen LogP) is 5.57. The van der Waals surface area contributed by atoms with Crippen LogP contribution < -0.4 is 10.1 Å². The molecule has 1 N–H and O–H groups in total. The number of ether oxygens (including phenoxy) is 1. The van der Waals surface area contributed by atoms with E-state index in [0.717, 1.165) is 23.2 Å². The van der Waals surface area contributed by atoms with E-state index in [1.165, 1.54) is 11.1 Å². The fraction of sp³-hybridized carbons (Fsp3) is 0.269. The van der Waals surface area contributed by atoms with E-state index in [0.29, 0.717) is 22.9 Å². The average Bonchev–Trinajstić information content (AvgIpc) is 3.20. The number of benzene rings is 3. The minimum atomic E-state index is -0.218. The first kappa shape index (κ1) is 21.6. The van der Waals surface area contributed by atoms with E-state index in [1.807, 2.05) is 62.4 Å². The van der Waals surface area contributed by atoms with Crippen LogP contribution in [-0.4, -0.2) is 27.5 Å². The number of aryl methyl sites for hydroxylation is 2. The molecule has 164 valence electrons. The van der Waals surface area contributed by atoms with Gasteiger partial charge in [0, 0.05) is 5.69 Å². The summed E-state index contributed by atoms with van der Waals surface area (Å²) in [6.07, 6.45) is 1.09. The summed E-state index contributed by atoms with van der Waals surface area (Å²) < 4.78 is 5.66. The molecule has 4 aromatic rings. The van der Waals surface area contributed by atoms with Crippen molar-refractivity contribution >= 4 is 22.6 Å². The lowest BCUT2D eigenvalue weighted by Gasteiger charge is -2.11. The second-order valence-electron chi connectivity index (χ2n) is 8.20. The van der Waals surface area contributed by atoms with Crippen molar-refractivity contribution in [2.45, 2.75) is 40.0 Å². The zero-order chi connectivity index (χ0) is 22.7. The molecule has 1 aromatic heterocycles. The van der Waals surface area contributed by atoms with Crippen molar-refractivity contribution in [2.24, 2.45) is 0 Å². The summed E-state index contributed by atoms with van der Waals surface area (Å²) in [4.78, 5) is 14.1. The molecule has 3 aromatic carbocycles. The Balaban J connectivity index is 1.43. The van der Waals surface area contributed by atoms with Gasteiger partial charge in [-0.15, -0.1) is 10.2 Å². The number of hydrogen-bond donors (Lipinski definition) is 1. The van der Waals surface area contributed by atoms with Gasteiger partial charge in [0.25, 0.3) is 5.91 Å². The van der Waals surface area contributed by atoms with Gasteiger partial charge in [-0.1, -0.05) is 43.7 Å². The van der Waals surface area contributed by atoms with Crippen molar-refractivity contribution in [1.82, 2.24) is 15.0 Å². The standard InChI is InChI=1S/C26H28N4O2/c1-5-18(3)20-8-12-22(13-9-20)32-16-26(31)27-23-15-25-24(14-19(23)4)28-30(29-25)21-10-6-17(2)7-11-21/h6-15,18H,5,16H2,1-4H3,(H,27,31). The number of amides is 1. The maximum atomic E-state index is 12.5. The van der Waals surface area contributed by atoms with Gasteiger partial charge in [0.1, 0.15) is 16.8 Å². The van der Waals surface area contributed by atoms with Crippen molar-refractivity contribution in [3.8, 4) is 11.4 Å². The highest BCUT2D eigenvalue weighted by Crippen LogP contribution is 2.23. The number of rotatable bonds is 7. The maximum Gasteiger partial charge on any atom is 0.262 e. The topological polar surface area (TPSA) is 69.0 Å². The molecule has 0 saturated carbocycles. The molecule has 0 aliphatic carbocycles. The third-order valence-electron chi connectivity index (χ3n) is 5.70. The highest BCUT2D eigenvalue weighted by atomic mass is 16.5. The molecular weight excluding hydrogens is 400 g/mol. The number of anilines is 1. The summed E-state index contributed by atoms with van der Waals surface area (Å²) in [7, 11) is 0. The van der Waals surface area contributed by atoms with Crippen molar-refractivity contribution in [3.05, 3.63) is 77.4 Å². The van der Waals surface area contributed by atoms with Gasteiger partial charge in [-0.2, -0.15) is 4.80 Å². The molecule has 0 saturated heterocycles. The molecule has 4 rings (SSSR count). The van der Waals surface area contributed by atoms with Crippen LogP contribution in [0.4, 0.5) is 5.69 Å². The van der Waals surface area contributed by atoms with Crippen molar-refractivity contribution in [2.75, 3.05) is 11.9 Å². The molecule has 0 bridgehead atoms. The molecule has 6 nitrogen and oxygen atoms in total. The SMILES string of the molecule is CCC(C)c1ccc(OCC(=O)Nc2cc3nn(-c4ccc(C)cc4)nc3cc2C)cc1. The molecular formula is C26H28N4O2. The molecule has 32 heavy (non-hydrogen) atoms. The summed E-state index contributed by atoms with van der Waals surface area (Å²) in [5, 5.41) is 12.1. The van der Waals surface area contributed by atoms with Crippen LogP contribution in [0.1, 0.15) is 42.9 Å². The average molecular weight is 429 g/mol. The van der Waals surface area contributed by atoms with Gasteiger partial charge >= 0.3 is 0 Å². The Morgan fingerprint density at radius 2 is 1.66 bits per heavy atom. The number of carbonyl (C=O) groups is 1. The molecule has 0 fully saturated rings. The summed E-state index contributed by atoms with van der Waals surface area (Å²) in [5.74, 6) is 0.971. The van der Waals surface area contributed by atoms with E-state index in [-0.39, 0.29) is 12.5 Å². The predicted molar refractivity (Wildman–Crippen MR) is 128 cm³/mol. The van der Waals surface area contributed by atoms with Gasteiger partial charge in [-0.25, -0.2) is 0 Å². The van der Waals surface area contributed by atoms with Crippen LogP contribution >= 0.6 is 0 Å². The zero-order valence-electron chi connectivity index (χ0n) is 18.9. The summed E-state index contributed by atoms with van der Waals surface area (Å²) >= 11 is 0. The Hall–Kier alpha value is -3.67. The third kappa shape index (κ3) is 4.80. The lowest BCUT2D eigenvalue weighted by molar-refractivity contribution is -0.118. The minimum Gasteiger partial charge on any atom is -0.484 e. The smallest absolute Gasteiger partial charge is 0.262 e. The van der Waals surface area contributed by atoms with Crippen LogP contribution in [0.2, 0.25) is 0 Å². The number of aromatic nitrogens is 3. The van der Waals surface area contributed by atoms with E-state index in [2.05, 4.69) is 41.5 Å². The summed E-state index contributed by atoms with van der Waals surface area (Å²) in [6.45, 7) is 8.29. The van der Waals surface area contributed by atoms with Crippen LogP contribution in [0.3, 0.4) is 0 Å². The molecule has 1 amide bonds. The maximum absolute atomic E-state index is 12.5. The van der Waals surface area contributed by atoms with Crippen LogP contribution in [0, 0.1) is 13.8 Å². The first-order valence-corrected chi connectivity index (χ1v) is 10.9.